The maximum atomic E-state index is 11.7. The van der Waals surface area contributed by atoms with Crippen LogP contribution in [-0.2, 0) is 18.9 Å². The fourth-order valence-electron chi connectivity index (χ4n) is 1.64. The lowest BCUT2D eigenvalue weighted by molar-refractivity contribution is 0.565. The minimum absolute atomic E-state index is 0.117. The Labute approximate surface area is 99.1 Å². The standard InChI is InChI=1S/C10H8BrN3O2/c1-13-8-3-6(11)7(12-5-15)4-9(8)14(2)10(13)16/h3-4H,1-2H3. The molecule has 82 valence electrons. The fourth-order valence-corrected chi connectivity index (χ4v) is 2.06. The number of rotatable bonds is 1. The Kier molecular flexibility index (Phi) is 2.53. The lowest BCUT2D eigenvalue weighted by atomic mass is 10.3. The molecule has 5 nitrogen and oxygen atoms in total. The molecule has 0 radical (unpaired) electrons. The number of isocyanates is 1. The third-order valence-corrected chi connectivity index (χ3v) is 3.14. The Morgan fingerprint density at radius 2 is 1.81 bits per heavy atom. The highest BCUT2D eigenvalue weighted by atomic mass is 79.9. The van der Waals surface area contributed by atoms with Crippen LogP contribution >= 0.6 is 15.9 Å². The molecule has 0 spiro atoms. The molecule has 1 aromatic heterocycles. The highest BCUT2D eigenvalue weighted by Gasteiger charge is 2.10. The van der Waals surface area contributed by atoms with Crippen molar-refractivity contribution in [1.82, 2.24) is 9.13 Å². The number of benzene rings is 1. The van der Waals surface area contributed by atoms with Gasteiger partial charge in [-0.05, 0) is 28.1 Å². The van der Waals surface area contributed by atoms with E-state index >= 15 is 0 Å². The van der Waals surface area contributed by atoms with Crippen molar-refractivity contribution in [1.29, 1.82) is 0 Å². The minimum atomic E-state index is -0.117. The van der Waals surface area contributed by atoms with Crippen LogP contribution in [0.5, 0.6) is 0 Å². The van der Waals surface area contributed by atoms with Crippen molar-refractivity contribution < 1.29 is 4.79 Å². The molecule has 2 rings (SSSR count). The number of imidazole rings is 1. The predicted octanol–water partition coefficient (Wildman–Crippen LogP) is 1.61. The van der Waals surface area contributed by atoms with Crippen molar-refractivity contribution >= 4 is 38.7 Å². The second kappa shape index (κ2) is 3.73. The van der Waals surface area contributed by atoms with Crippen molar-refractivity contribution in [2.45, 2.75) is 0 Å². The zero-order valence-electron chi connectivity index (χ0n) is 8.69. The molecular weight excluding hydrogens is 274 g/mol. The molecule has 16 heavy (non-hydrogen) atoms. The largest absolute Gasteiger partial charge is 0.328 e. The molecule has 0 aliphatic heterocycles. The van der Waals surface area contributed by atoms with Crippen LogP contribution in [0.15, 0.2) is 26.4 Å². The molecule has 0 amide bonds. The summed E-state index contributed by atoms with van der Waals surface area (Å²) in [6.45, 7) is 0. The number of aliphatic imine (C=N–C) groups is 1. The van der Waals surface area contributed by atoms with Crippen molar-refractivity contribution in [3.05, 3.63) is 27.1 Å². The molecule has 6 heteroatoms. The maximum Gasteiger partial charge on any atom is 0.328 e. The zero-order valence-corrected chi connectivity index (χ0v) is 10.3. The van der Waals surface area contributed by atoms with Crippen LogP contribution in [0, 0.1) is 0 Å². The fraction of sp³-hybridized carbons (Fsp3) is 0.200. The normalized spacial score (nSPS) is 10.4. The first kappa shape index (κ1) is 10.9. The average Bonchev–Trinajstić information content (AvgIpc) is 2.46. The van der Waals surface area contributed by atoms with Crippen LogP contribution in [0.3, 0.4) is 0 Å². The molecular formula is C10H8BrN3O2. The number of fused-ring (bicyclic) bond motifs is 1. The first-order valence-corrected chi connectivity index (χ1v) is 5.28. The van der Waals surface area contributed by atoms with Crippen molar-refractivity contribution in [2.75, 3.05) is 0 Å². The van der Waals surface area contributed by atoms with E-state index in [9.17, 15) is 9.59 Å². The van der Waals surface area contributed by atoms with Gasteiger partial charge >= 0.3 is 5.69 Å². The van der Waals surface area contributed by atoms with Gasteiger partial charge in [0.15, 0.2) is 0 Å². The summed E-state index contributed by atoms with van der Waals surface area (Å²) in [4.78, 5) is 25.5. The molecule has 0 bridgehead atoms. The summed E-state index contributed by atoms with van der Waals surface area (Å²) in [5, 5.41) is 0. The van der Waals surface area contributed by atoms with E-state index in [0.29, 0.717) is 10.2 Å². The third-order valence-electron chi connectivity index (χ3n) is 2.51. The summed E-state index contributed by atoms with van der Waals surface area (Å²) >= 11 is 3.29. The van der Waals surface area contributed by atoms with E-state index in [4.69, 9.17) is 0 Å². The van der Waals surface area contributed by atoms with Crippen LogP contribution in [0.2, 0.25) is 0 Å². The number of hydrogen-bond acceptors (Lipinski definition) is 3. The summed E-state index contributed by atoms with van der Waals surface area (Å²) in [7, 11) is 3.37. The summed E-state index contributed by atoms with van der Waals surface area (Å²) in [6, 6.07) is 3.43. The Morgan fingerprint density at radius 1 is 1.25 bits per heavy atom. The van der Waals surface area contributed by atoms with Gasteiger partial charge in [-0.25, -0.2) is 9.59 Å². The lowest BCUT2D eigenvalue weighted by Gasteiger charge is -1.99. The number of hydrogen-bond donors (Lipinski definition) is 0. The first-order chi connectivity index (χ1) is 7.56. The Balaban J connectivity index is 2.95. The second-order valence-corrected chi connectivity index (χ2v) is 4.25. The number of carbonyl (C=O) groups excluding carboxylic acids is 1. The van der Waals surface area contributed by atoms with Crippen molar-refractivity contribution in [3.63, 3.8) is 0 Å². The summed E-state index contributed by atoms with van der Waals surface area (Å²) in [5.74, 6) is 0. The molecule has 0 saturated carbocycles. The van der Waals surface area contributed by atoms with Gasteiger partial charge in [-0.3, -0.25) is 9.13 Å². The Morgan fingerprint density at radius 3 is 2.38 bits per heavy atom. The highest BCUT2D eigenvalue weighted by Crippen LogP contribution is 2.29. The molecule has 0 aliphatic carbocycles. The van der Waals surface area contributed by atoms with Gasteiger partial charge in [-0.2, -0.15) is 4.99 Å². The van der Waals surface area contributed by atoms with E-state index in [-0.39, 0.29) is 5.69 Å². The van der Waals surface area contributed by atoms with Crippen LogP contribution in [0.25, 0.3) is 11.0 Å². The topological polar surface area (TPSA) is 56.4 Å². The highest BCUT2D eigenvalue weighted by molar-refractivity contribution is 9.10. The number of halogens is 1. The van der Waals surface area contributed by atoms with Crippen molar-refractivity contribution in [2.24, 2.45) is 19.1 Å². The predicted molar refractivity (Wildman–Crippen MR) is 63.6 cm³/mol. The molecule has 0 fully saturated rings. The van der Waals surface area contributed by atoms with Crippen LogP contribution in [0.4, 0.5) is 5.69 Å². The number of aryl methyl sites for hydroxylation is 2. The SMILES string of the molecule is Cn1c(=O)n(C)c2cc(N=C=O)c(Br)cc21. The molecule has 0 aliphatic rings. The minimum Gasteiger partial charge on any atom is -0.295 e. The average molecular weight is 282 g/mol. The Hall–Kier alpha value is -1.65. The van der Waals surface area contributed by atoms with Gasteiger partial charge in [0.25, 0.3) is 0 Å². The number of aromatic nitrogens is 2. The lowest BCUT2D eigenvalue weighted by Crippen LogP contribution is -2.19. The molecule has 0 atom stereocenters. The van der Waals surface area contributed by atoms with E-state index in [1.807, 2.05) is 0 Å². The molecule has 0 saturated heterocycles. The van der Waals surface area contributed by atoms with Gasteiger partial charge in [-0.1, -0.05) is 0 Å². The summed E-state index contributed by atoms with van der Waals surface area (Å²) < 4.78 is 3.70. The quantitative estimate of drug-likeness (QED) is 0.589. The van der Waals surface area contributed by atoms with Gasteiger partial charge < -0.3 is 0 Å². The summed E-state index contributed by atoms with van der Waals surface area (Å²) in [6.07, 6.45) is 1.48. The summed E-state index contributed by atoms with van der Waals surface area (Å²) in [5.41, 5.74) is 1.85. The Bertz CT molecular complexity index is 677. The van der Waals surface area contributed by atoms with Gasteiger partial charge in [-0.15, -0.1) is 0 Å². The molecule has 1 heterocycles. The molecule has 0 unspecified atom stereocenters. The van der Waals surface area contributed by atoms with Gasteiger partial charge in [0.05, 0.1) is 16.7 Å². The smallest absolute Gasteiger partial charge is 0.295 e. The van der Waals surface area contributed by atoms with E-state index in [1.54, 1.807) is 26.2 Å². The number of nitrogens with zero attached hydrogens (tertiary/aromatic N) is 3. The molecule has 0 N–H and O–H groups in total. The van der Waals surface area contributed by atoms with E-state index in [0.717, 1.165) is 11.0 Å². The second-order valence-electron chi connectivity index (χ2n) is 3.40. The monoisotopic (exact) mass is 281 g/mol. The first-order valence-electron chi connectivity index (χ1n) is 4.49. The van der Waals surface area contributed by atoms with E-state index in [1.165, 1.54) is 15.2 Å². The van der Waals surface area contributed by atoms with Gasteiger partial charge in [0, 0.05) is 18.6 Å². The van der Waals surface area contributed by atoms with Gasteiger partial charge in [0.2, 0.25) is 6.08 Å². The molecule has 2 aromatic rings. The zero-order chi connectivity index (χ0) is 11.9. The van der Waals surface area contributed by atoms with Crippen LogP contribution in [-0.4, -0.2) is 15.2 Å². The van der Waals surface area contributed by atoms with Crippen LogP contribution < -0.4 is 5.69 Å². The van der Waals surface area contributed by atoms with Crippen molar-refractivity contribution in [3.8, 4) is 0 Å². The van der Waals surface area contributed by atoms with Gasteiger partial charge in [0.1, 0.15) is 0 Å². The molecule has 1 aromatic carbocycles. The third kappa shape index (κ3) is 1.43. The van der Waals surface area contributed by atoms with E-state index in [2.05, 4.69) is 20.9 Å². The van der Waals surface area contributed by atoms with Crippen LogP contribution in [0.1, 0.15) is 0 Å². The van der Waals surface area contributed by atoms with E-state index < -0.39 is 0 Å². The maximum absolute atomic E-state index is 11.7.